The number of aliphatic hydroxyl groups is 1. The third kappa shape index (κ3) is 17.7. The number of hydrogen-bond donors (Lipinski definition) is 2. The molecule has 0 amide bonds. The SMILES string of the molecule is CC(O)C(=O)O.Cl.[CaH2].[MgH2]. The molecule has 0 bridgehead atoms. The summed E-state index contributed by atoms with van der Waals surface area (Å²) in [5, 5.41) is 15.8. The van der Waals surface area contributed by atoms with E-state index in [1.54, 1.807) is 0 Å². The molecule has 0 spiro atoms. The standard InChI is InChI=1S/C3H6O3.Ca.ClH.Mg.4H/c1-2(4)3(5)6;;;;;;;/h2,4H,1H3,(H,5,6);;1H;;;;;. The zero-order chi connectivity index (χ0) is 5.15. The second-order valence-corrected chi connectivity index (χ2v) is 1.01. The topological polar surface area (TPSA) is 57.5 Å². The maximum absolute atomic E-state index is 9.45. The van der Waals surface area contributed by atoms with Gasteiger partial charge < -0.3 is 10.2 Å². The van der Waals surface area contributed by atoms with Gasteiger partial charge in [-0.3, -0.25) is 0 Å². The molecule has 3 nitrogen and oxygen atoms in total. The predicted molar refractivity (Wildman–Crippen MR) is 43.7 cm³/mol. The van der Waals surface area contributed by atoms with Crippen LogP contribution in [0.25, 0.3) is 0 Å². The van der Waals surface area contributed by atoms with E-state index in [4.69, 9.17) is 10.2 Å². The van der Waals surface area contributed by atoms with E-state index in [0.29, 0.717) is 0 Å². The minimum Gasteiger partial charge on any atom is 0.316 e. The molecule has 0 radical (unpaired) electrons. The summed E-state index contributed by atoms with van der Waals surface area (Å²) in [5.74, 6) is -1.19. The van der Waals surface area contributed by atoms with Crippen molar-refractivity contribution in [3.05, 3.63) is 0 Å². The van der Waals surface area contributed by atoms with Gasteiger partial charge in [0.1, 0.15) is 6.10 Å². The molecule has 0 aliphatic heterocycles. The van der Waals surface area contributed by atoms with Crippen LogP contribution in [0.1, 0.15) is 6.92 Å². The molecule has 1 atom stereocenters. The van der Waals surface area contributed by atoms with Gasteiger partial charge in [-0.25, -0.2) is 4.79 Å². The first-order chi connectivity index (χ1) is 2.64. The van der Waals surface area contributed by atoms with Gasteiger partial charge in [0.25, 0.3) is 0 Å². The van der Waals surface area contributed by atoms with E-state index in [1.807, 2.05) is 0 Å². The molecule has 9 heavy (non-hydrogen) atoms. The van der Waals surface area contributed by atoms with Crippen LogP contribution in [0.15, 0.2) is 0 Å². The molecule has 0 fully saturated rings. The summed E-state index contributed by atoms with van der Waals surface area (Å²) < 4.78 is 0. The van der Waals surface area contributed by atoms with Gasteiger partial charge in [-0.2, -0.15) is 0 Å². The molecule has 0 aliphatic rings. The minimum atomic E-state index is -1.23. The number of rotatable bonds is 1. The van der Waals surface area contributed by atoms with E-state index in [-0.39, 0.29) is 73.2 Å². The predicted octanol–water partition coefficient (Wildman–Crippen LogP) is -1.96. The average molecular weight is 195 g/mol. The number of aliphatic hydroxyl groups excluding tert-OH is 1. The van der Waals surface area contributed by atoms with Crippen LogP contribution in [0.5, 0.6) is 0 Å². The van der Waals surface area contributed by atoms with E-state index < -0.39 is 12.1 Å². The van der Waals surface area contributed by atoms with Crippen molar-refractivity contribution < 1.29 is 15.0 Å². The molecule has 0 aromatic rings. The van der Waals surface area contributed by atoms with Crippen molar-refractivity contribution in [2.75, 3.05) is 0 Å². The van der Waals surface area contributed by atoms with Crippen LogP contribution in [0, 0.1) is 0 Å². The first-order valence-electron chi connectivity index (χ1n) is 1.55. The largest absolute Gasteiger partial charge is 0.316 e. The number of hydrogen-bond acceptors (Lipinski definition) is 2. The summed E-state index contributed by atoms with van der Waals surface area (Å²) in [6.45, 7) is 1.20. The van der Waals surface area contributed by atoms with Gasteiger partial charge in [0.2, 0.25) is 0 Å². The Hall–Kier alpha value is 1.75. The van der Waals surface area contributed by atoms with E-state index in [0.717, 1.165) is 0 Å². The summed E-state index contributed by atoms with van der Waals surface area (Å²) in [6, 6.07) is 0. The molecule has 0 aliphatic carbocycles. The van der Waals surface area contributed by atoms with E-state index in [2.05, 4.69) is 0 Å². The third-order valence-corrected chi connectivity index (χ3v) is 0.357. The van der Waals surface area contributed by atoms with Crippen LogP contribution < -0.4 is 0 Å². The summed E-state index contributed by atoms with van der Waals surface area (Å²) in [6.07, 6.45) is -1.23. The van der Waals surface area contributed by atoms with Gasteiger partial charge in [0.05, 0.1) is 0 Å². The number of halogens is 1. The Morgan fingerprint density at radius 2 is 1.67 bits per heavy atom. The van der Waals surface area contributed by atoms with Gasteiger partial charge in [0.15, 0.2) is 0 Å². The van der Waals surface area contributed by atoms with Crippen molar-refractivity contribution in [3.8, 4) is 0 Å². The Labute approximate surface area is 106 Å². The maximum Gasteiger partial charge on any atom is 0.316 e. The van der Waals surface area contributed by atoms with Crippen molar-refractivity contribution in [3.63, 3.8) is 0 Å². The van der Waals surface area contributed by atoms with Crippen LogP contribution in [0.3, 0.4) is 0 Å². The second kappa shape index (κ2) is 12.4. The van der Waals surface area contributed by atoms with E-state index in [1.165, 1.54) is 6.92 Å². The quantitative estimate of drug-likeness (QED) is 0.477. The van der Waals surface area contributed by atoms with Crippen LogP contribution in [0.4, 0.5) is 0 Å². The molecule has 1 unspecified atom stereocenters. The molecule has 2 N–H and O–H groups in total. The molecule has 0 heterocycles. The number of aliphatic carboxylic acids is 1. The van der Waals surface area contributed by atoms with Gasteiger partial charge in [-0.15, -0.1) is 12.4 Å². The van der Waals surface area contributed by atoms with Crippen molar-refractivity contribution in [1.82, 2.24) is 0 Å². The monoisotopic (exact) mass is 194 g/mol. The van der Waals surface area contributed by atoms with Crippen molar-refractivity contribution in [1.29, 1.82) is 0 Å². The fourth-order valence-corrected chi connectivity index (χ4v) is 0. The summed E-state index contributed by atoms with van der Waals surface area (Å²) in [7, 11) is 0. The smallest absolute Gasteiger partial charge is 0.316 e. The fraction of sp³-hybridized carbons (Fsp3) is 0.667. The fourth-order valence-electron chi connectivity index (χ4n) is 0. The molecular formula is C3H11CaClMgO3. The molecule has 0 rings (SSSR count). The van der Waals surface area contributed by atoms with Crippen molar-refractivity contribution in [2.45, 2.75) is 13.0 Å². The molecular weight excluding hydrogens is 184 g/mol. The first-order valence-corrected chi connectivity index (χ1v) is 1.55. The summed E-state index contributed by atoms with van der Waals surface area (Å²) in [4.78, 5) is 9.45. The normalized spacial score (nSPS) is 9.11. The Balaban J connectivity index is -0.0000000417. The number of carboxylic acids is 1. The Morgan fingerprint density at radius 1 is 1.56 bits per heavy atom. The van der Waals surface area contributed by atoms with Crippen molar-refractivity contribution >= 4 is 79.2 Å². The summed E-state index contributed by atoms with van der Waals surface area (Å²) in [5.41, 5.74) is 0. The van der Waals surface area contributed by atoms with Crippen LogP contribution in [0.2, 0.25) is 0 Å². The van der Waals surface area contributed by atoms with Gasteiger partial charge >= 0.3 is 66.8 Å². The molecule has 0 saturated heterocycles. The van der Waals surface area contributed by atoms with Gasteiger partial charge in [-0.05, 0) is 6.92 Å². The maximum atomic E-state index is 9.45. The van der Waals surface area contributed by atoms with E-state index in [9.17, 15) is 4.79 Å². The van der Waals surface area contributed by atoms with Crippen LogP contribution in [-0.4, -0.2) is 83.1 Å². The molecule has 0 aromatic carbocycles. The minimum absolute atomic E-state index is 0. The molecule has 0 saturated carbocycles. The van der Waals surface area contributed by atoms with Crippen LogP contribution in [-0.2, 0) is 4.79 Å². The number of carbonyl (C=O) groups is 1. The zero-order valence-corrected chi connectivity index (χ0v) is 4.60. The van der Waals surface area contributed by atoms with Gasteiger partial charge in [0, 0.05) is 0 Å². The van der Waals surface area contributed by atoms with Crippen LogP contribution >= 0.6 is 12.4 Å². The third-order valence-electron chi connectivity index (χ3n) is 0.357. The zero-order valence-electron chi connectivity index (χ0n) is 3.79. The molecule has 52 valence electrons. The van der Waals surface area contributed by atoms with Crippen molar-refractivity contribution in [2.24, 2.45) is 0 Å². The van der Waals surface area contributed by atoms with Gasteiger partial charge in [-0.1, -0.05) is 0 Å². The molecule has 6 heteroatoms. The Kier molecular flexibility index (Phi) is 31.0. The first kappa shape index (κ1) is 22.4. The second-order valence-electron chi connectivity index (χ2n) is 1.01. The number of carboxylic acid groups (broad SMARTS) is 1. The average Bonchev–Trinajstić information content (AvgIpc) is 1.36. The molecule has 0 aromatic heterocycles. The Morgan fingerprint density at radius 3 is 1.67 bits per heavy atom. The Bertz CT molecular complexity index is 70.1. The summed E-state index contributed by atoms with van der Waals surface area (Å²) >= 11 is 0. The van der Waals surface area contributed by atoms with E-state index >= 15 is 0 Å².